The van der Waals surface area contributed by atoms with Crippen LogP contribution in [0.25, 0.3) is 22.0 Å². The van der Waals surface area contributed by atoms with Gasteiger partial charge in [0.2, 0.25) is 15.9 Å². The standard InChI is InChI=1S/C44H41F10N7O5S2/c1-21-22(2)43(50,51)40-35(21)39(44(52,53)54)57-61(40)20-34(62)56-32(17-23-15-24(45)18-25(46)16-23)37-29(10-5-26(55-37)13-14-42(3,4)67(63,64)27-6-7-27)30-11-12-31(47)36-38(30)60(19-33(48)49)58-41(36)59-68(65,66)28-8-9-28/h5,10-12,15-16,18,21-22,27-28,32-33H,6-9,17,19-20H2,1-4H3,(H,56,62)(H,58,59)/t21-,22+,32-/m0/s1. The van der Waals surface area contributed by atoms with E-state index in [-0.39, 0.29) is 45.6 Å². The summed E-state index contributed by atoms with van der Waals surface area (Å²) in [5.74, 6) is -6.73. The van der Waals surface area contributed by atoms with E-state index in [1.54, 1.807) is 0 Å². The molecule has 8 rings (SSSR count). The first-order valence-corrected chi connectivity index (χ1v) is 24.3. The Hall–Kier alpha value is -5.70. The number of rotatable bonds is 14. The van der Waals surface area contributed by atoms with E-state index in [0.29, 0.717) is 23.6 Å². The van der Waals surface area contributed by atoms with Crippen LogP contribution in [0.3, 0.4) is 0 Å². The number of sulfonamides is 1. The molecule has 2 saturated carbocycles. The van der Waals surface area contributed by atoms with Gasteiger partial charge >= 0.3 is 6.18 Å². The first-order valence-electron chi connectivity index (χ1n) is 21.2. The van der Waals surface area contributed by atoms with Gasteiger partial charge in [-0.05, 0) is 99.8 Å². The molecule has 3 aliphatic rings. The van der Waals surface area contributed by atoms with Crippen LogP contribution in [0.2, 0.25) is 0 Å². The third-order valence-corrected chi connectivity index (χ3v) is 17.1. The maximum absolute atomic E-state index is 16.0. The number of amides is 1. The Morgan fingerprint density at radius 2 is 1.53 bits per heavy atom. The van der Waals surface area contributed by atoms with Crippen LogP contribution in [0, 0.1) is 35.2 Å². The number of pyridine rings is 1. The van der Waals surface area contributed by atoms with Crippen LogP contribution in [0.4, 0.5) is 49.7 Å². The molecule has 0 unspecified atom stereocenters. The fraction of sp³-hybridized carbons (Fsp3) is 0.455. The zero-order valence-corrected chi connectivity index (χ0v) is 38.0. The number of fused-ring (bicyclic) bond motifs is 2. The van der Waals surface area contributed by atoms with E-state index in [1.165, 1.54) is 26.0 Å². The number of hydrogen-bond acceptors (Lipinski definition) is 8. The van der Waals surface area contributed by atoms with Crippen molar-refractivity contribution in [3.63, 3.8) is 0 Å². The number of hydrogen-bond donors (Lipinski definition) is 2. The van der Waals surface area contributed by atoms with Crippen molar-refractivity contribution < 1.29 is 65.5 Å². The largest absolute Gasteiger partial charge is 0.435 e. The Morgan fingerprint density at radius 1 is 0.897 bits per heavy atom. The van der Waals surface area contributed by atoms with Crippen LogP contribution in [0.1, 0.15) is 99.2 Å². The second kappa shape index (κ2) is 17.1. The van der Waals surface area contributed by atoms with E-state index in [1.807, 2.05) is 0 Å². The van der Waals surface area contributed by atoms with Crippen LogP contribution < -0.4 is 10.0 Å². The van der Waals surface area contributed by atoms with E-state index in [0.717, 1.165) is 38.1 Å². The van der Waals surface area contributed by atoms with E-state index in [2.05, 4.69) is 37.1 Å². The number of nitrogens with one attached hydrogen (secondary N) is 2. The molecule has 3 atom stereocenters. The van der Waals surface area contributed by atoms with E-state index >= 15 is 13.2 Å². The molecule has 0 bridgehead atoms. The number of anilines is 1. The molecular weight excluding hydrogens is 961 g/mol. The van der Waals surface area contributed by atoms with Gasteiger partial charge in [-0.2, -0.15) is 32.1 Å². The molecule has 0 aliphatic heterocycles. The van der Waals surface area contributed by atoms with Gasteiger partial charge in [-0.15, -0.1) is 0 Å². The maximum Gasteiger partial charge on any atom is 0.435 e. The molecule has 3 aliphatic carbocycles. The van der Waals surface area contributed by atoms with Gasteiger partial charge in [0, 0.05) is 28.7 Å². The Bertz CT molecular complexity index is 3130. The van der Waals surface area contributed by atoms with Crippen LogP contribution in [0.5, 0.6) is 0 Å². The molecular formula is C44H41F10N7O5S2. The summed E-state index contributed by atoms with van der Waals surface area (Å²) in [6.45, 7) is 2.44. The van der Waals surface area contributed by atoms with Gasteiger partial charge in [-0.3, -0.25) is 18.9 Å². The van der Waals surface area contributed by atoms with Crippen LogP contribution in [-0.4, -0.2) is 69.0 Å². The lowest BCUT2D eigenvalue weighted by molar-refractivity contribution is -0.143. The van der Waals surface area contributed by atoms with Crippen molar-refractivity contribution in [2.45, 2.75) is 119 Å². The molecule has 1 amide bonds. The van der Waals surface area contributed by atoms with E-state index in [9.17, 15) is 52.4 Å². The molecule has 0 radical (unpaired) electrons. The zero-order chi connectivity index (χ0) is 49.6. The van der Waals surface area contributed by atoms with Gasteiger partial charge < -0.3 is 5.32 Å². The van der Waals surface area contributed by atoms with Crippen LogP contribution in [-0.2, 0) is 56.3 Å². The van der Waals surface area contributed by atoms with Crippen molar-refractivity contribution >= 4 is 42.5 Å². The summed E-state index contributed by atoms with van der Waals surface area (Å²) in [6.07, 6.45) is -7.63. The number of sulfone groups is 1. The van der Waals surface area contributed by atoms with Gasteiger partial charge in [-0.1, -0.05) is 19.8 Å². The van der Waals surface area contributed by atoms with Crippen molar-refractivity contribution in [2.75, 3.05) is 4.72 Å². The van der Waals surface area contributed by atoms with Gasteiger partial charge in [0.25, 0.3) is 12.3 Å². The predicted molar refractivity (Wildman–Crippen MR) is 227 cm³/mol. The Morgan fingerprint density at radius 3 is 2.13 bits per heavy atom. The molecule has 24 heteroatoms. The minimum Gasteiger partial charge on any atom is -0.346 e. The summed E-state index contributed by atoms with van der Waals surface area (Å²) < 4.78 is 202. The lowest BCUT2D eigenvalue weighted by Crippen LogP contribution is -2.35. The fourth-order valence-corrected chi connectivity index (χ4v) is 11.6. The average molecular weight is 1000 g/mol. The highest BCUT2D eigenvalue weighted by molar-refractivity contribution is 7.94. The average Bonchev–Trinajstić information content (AvgIpc) is 4.17. The topological polar surface area (TPSA) is 158 Å². The monoisotopic (exact) mass is 1000 g/mol. The highest BCUT2D eigenvalue weighted by Crippen LogP contribution is 2.55. The Labute approximate surface area is 382 Å². The molecule has 3 heterocycles. The second-order valence-corrected chi connectivity index (χ2v) is 22.5. The van der Waals surface area contributed by atoms with Crippen molar-refractivity contribution in [3.8, 4) is 23.0 Å². The normalized spacial score (nSPS) is 18.9. The quantitative estimate of drug-likeness (QED) is 0.0828. The highest BCUT2D eigenvalue weighted by atomic mass is 32.2. The predicted octanol–water partition coefficient (Wildman–Crippen LogP) is 8.55. The number of alkyl halides is 7. The molecule has 3 aromatic heterocycles. The minimum atomic E-state index is -5.22. The number of carbonyl (C=O) groups excluding carboxylic acids is 1. The van der Waals surface area contributed by atoms with E-state index in [4.69, 9.17) is 0 Å². The van der Waals surface area contributed by atoms with Gasteiger partial charge in [-0.25, -0.2) is 43.8 Å². The zero-order valence-electron chi connectivity index (χ0n) is 36.3. The molecule has 0 spiro atoms. The molecule has 68 heavy (non-hydrogen) atoms. The smallest absolute Gasteiger partial charge is 0.346 e. The molecule has 2 fully saturated rings. The fourth-order valence-electron chi connectivity index (χ4n) is 8.47. The van der Waals surface area contributed by atoms with Crippen LogP contribution in [0.15, 0.2) is 42.5 Å². The van der Waals surface area contributed by atoms with Crippen molar-refractivity contribution in [3.05, 3.63) is 93.8 Å². The van der Waals surface area contributed by atoms with Crippen molar-refractivity contribution in [1.29, 1.82) is 0 Å². The molecule has 2 aromatic carbocycles. The third-order valence-electron chi connectivity index (χ3n) is 12.4. The molecule has 5 aromatic rings. The highest BCUT2D eigenvalue weighted by Gasteiger charge is 2.57. The Balaban J connectivity index is 1.32. The first-order chi connectivity index (χ1) is 31.6. The minimum absolute atomic E-state index is 0.159. The first kappa shape index (κ1) is 48.7. The SMILES string of the molecule is C[C@@H]1c2c(C(F)(F)F)nn(CC(=O)N[C@@H](Cc3cc(F)cc(F)c3)c3nc(C#CC(C)(C)S(=O)(=O)C4CC4)ccc3-c3ccc(F)c4c(NS(=O)(=O)C5CC5)nn(CC(F)F)c34)c2C(F)(F)[C@@H]1C. The number of carbonyl (C=O) groups is 1. The van der Waals surface area contributed by atoms with Crippen molar-refractivity contribution in [2.24, 2.45) is 5.92 Å². The van der Waals surface area contributed by atoms with Crippen molar-refractivity contribution in [1.82, 2.24) is 29.9 Å². The lowest BCUT2D eigenvalue weighted by atomic mass is 9.93. The van der Waals surface area contributed by atoms with Gasteiger partial charge in [0.15, 0.2) is 21.3 Å². The summed E-state index contributed by atoms with van der Waals surface area (Å²) in [5, 5.41) is 7.84. The number of aromatic nitrogens is 5. The summed E-state index contributed by atoms with van der Waals surface area (Å²) in [5.41, 5.74) is -5.08. The Kier molecular flexibility index (Phi) is 12.2. The molecule has 2 N–H and O–H groups in total. The second-order valence-electron chi connectivity index (χ2n) is 17.8. The molecule has 12 nitrogen and oxygen atoms in total. The third kappa shape index (κ3) is 9.14. The molecule has 0 saturated heterocycles. The van der Waals surface area contributed by atoms with Gasteiger partial charge in [0.1, 0.15) is 46.7 Å². The number of benzene rings is 2. The summed E-state index contributed by atoms with van der Waals surface area (Å²) in [7, 11) is -7.99. The number of nitrogens with zero attached hydrogens (tertiary/aromatic N) is 5. The summed E-state index contributed by atoms with van der Waals surface area (Å²) in [6, 6.07) is 5.03. The number of halogens is 10. The van der Waals surface area contributed by atoms with Gasteiger partial charge in [0.05, 0.1) is 33.1 Å². The summed E-state index contributed by atoms with van der Waals surface area (Å²) >= 11 is 0. The van der Waals surface area contributed by atoms with E-state index < -0.39 is 148 Å². The molecule has 364 valence electrons. The maximum atomic E-state index is 16.0. The summed E-state index contributed by atoms with van der Waals surface area (Å²) in [4.78, 5) is 18.8. The van der Waals surface area contributed by atoms with Crippen LogP contribution >= 0.6 is 0 Å². The lowest BCUT2D eigenvalue weighted by Gasteiger charge is -2.24.